The topological polar surface area (TPSA) is 68.8 Å². The van der Waals surface area contributed by atoms with E-state index >= 15 is 0 Å². The normalized spacial score (nSPS) is 12.9. The maximum atomic E-state index is 14.2. The number of hydrogen-bond acceptors (Lipinski definition) is 4. The second-order valence-electron chi connectivity index (χ2n) is 5.32. The average molecular weight is 356 g/mol. The Morgan fingerprint density at radius 2 is 2.19 bits per heavy atom. The third-order valence-corrected chi connectivity index (χ3v) is 3.79. The van der Waals surface area contributed by atoms with Gasteiger partial charge in [0.1, 0.15) is 18.0 Å². The molecule has 0 fully saturated rings. The maximum absolute atomic E-state index is 14.2. The fourth-order valence-electron chi connectivity index (χ4n) is 2.18. The highest BCUT2D eigenvalue weighted by Crippen LogP contribution is 2.25. The summed E-state index contributed by atoms with van der Waals surface area (Å²) in [6.45, 7) is 4.99. The number of nitrogens with two attached hydrogens (primary N) is 1. The van der Waals surface area contributed by atoms with Gasteiger partial charge in [-0.25, -0.2) is 14.1 Å². The van der Waals surface area contributed by atoms with Crippen molar-refractivity contribution in [2.75, 3.05) is 0 Å². The summed E-state index contributed by atoms with van der Waals surface area (Å²) in [5.41, 5.74) is 3.17. The van der Waals surface area contributed by atoms with E-state index in [-0.39, 0.29) is 11.9 Å². The molecule has 21 heavy (non-hydrogen) atoms. The second-order valence-corrected chi connectivity index (χ2v) is 6.17. The van der Waals surface area contributed by atoms with E-state index in [1.807, 2.05) is 4.68 Å². The minimum absolute atomic E-state index is 0.310. The number of halogens is 2. The van der Waals surface area contributed by atoms with Crippen molar-refractivity contribution in [3.8, 4) is 0 Å². The first kappa shape index (κ1) is 16.1. The Bertz CT molecular complexity index is 599. The highest BCUT2D eigenvalue weighted by molar-refractivity contribution is 9.10. The molecule has 7 heteroatoms. The zero-order valence-electron chi connectivity index (χ0n) is 12.1. The number of aromatic nitrogens is 3. The van der Waals surface area contributed by atoms with Crippen LogP contribution in [0.15, 0.2) is 29.0 Å². The van der Waals surface area contributed by atoms with Gasteiger partial charge in [0, 0.05) is 18.5 Å². The van der Waals surface area contributed by atoms with Crippen LogP contribution in [0.4, 0.5) is 4.39 Å². The lowest BCUT2D eigenvalue weighted by molar-refractivity contribution is 0.440. The van der Waals surface area contributed by atoms with Crippen molar-refractivity contribution in [2.24, 2.45) is 11.8 Å². The zero-order valence-corrected chi connectivity index (χ0v) is 13.6. The van der Waals surface area contributed by atoms with Gasteiger partial charge in [-0.05, 0) is 27.9 Å². The molecule has 0 aliphatic carbocycles. The third kappa shape index (κ3) is 3.87. The van der Waals surface area contributed by atoms with Gasteiger partial charge in [0.2, 0.25) is 0 Å². The van der Waals surface area contributed by atoms with Gasteiger partial charge in [-0.15, -0.1) is 0 Å². The molecular weight excluding hydrogens is 337 g/mol. The standard InChI is InChI=1S/C14H19BrFN5/c1-9(2)7-21-13(18-8-19-21)6-12(20-17)10-4-3-5-11(15)14(10)16/h3-5,8-9,12,20H,6-7,17H2,1-2H3. The van der Waals surface area contributed by atoms with Gasteiger partial charge in [-0.2, -0.15) is 5.10 Å². The van der Waals surface area contributed by atoms with E-state index in [0.29, 0.717) is 22.4 Å². The molecule has 0 aliphatic rings. The predicted molar refractivity (Wildman–Crippen MR) is 82.7 cm³/mol. The molecule has 2 rings (SSSR count). The monoisotopic (exact) mass is 355 g/mol. The molecule has 0 spiro atoms. The second kappa shape index (κ2) is 7.11. The van der Waals surface area contributed by atoms with E-state index < -0.39 is 0 Å². The van der Waals surface area contributed by atoms with Crippen LogP contribution in [0.1, 0.15) is 31.3 Å². The van der Waals surface area contributed by atoms with Crippen LogP contribution in [0.5, 0.6) is 0 Å². The molecule has 0 saturated carbocycles. The molecule has 0 amide bonds. The lowest BCUT2D eigenvalue weighted by Gasteiger charge is -2.18. The Kier molecular flexibility index (Phi) is 5.44. The van der Waals surface area contributed by atoms with E-state index in [4.69, 9.17) is 5.84 Å². The Balaban J connectivity index is 2.24. The molecule has 1 aromatic heterocycles. The molecule has 0 bridgehead atoms. The van der Waals surface area contributed by atoms with Crippen molar-refractivity contribution in [3.05, 3.63) is 46.2 Å². The molecule has 1 heterocycles. The minimum Gasteiger partial charge on any atom is -0.271 e. The Hall–Kier alpha value is -1.31. The molecule has 0 saturated heterocycles. The van der Waals surface area contributed by atoms with Crippen molar-refractivity contribution in [1.29, 1.82) is 0 Å². The first-order valence-electron chi connectivity index (χ1n) is 6.79. The fourth-order valence-corrected chi connectivity index (χ4v) is 2.56. The van der Waals surface area contributed by atoms with Crippen molar-refractivity contribution in [2.45, 2.75) is 32.9 Å². The summed E-state index contributed by atoms with van der Waals surface area (Å²) in [7, 11) is 0. The molecular formula is C14H19BrFN5. The highest BCUT2D eigenvalue weighted by Gasteiger charge is 2.19. The van der Waals surface area contributed by atoms with Crippen LogP contribution in [-0.4, -0.2) is 14.8 Å². The van der Waals surface area contributed by atoms with Crippen LogP contribution in [0, 0.1) is 11.7 Å². The predicted octanol–water partition coefficient (Wildman–Crippen LogP) is 2.58. The first-order valence-corrected chi connectivity index (χ1v) is 7.59. The molecule has 1 atom stereocenters. The summed E-state index contributed by atoms with van der Waals surface area (Å²) in [5, 5.41) is 4.21. The first-order chi connectivity index (χ1) is 10.0. The molecule has 3 N–H and O–H groups in total. The smallest absolute Gasteiger partial charge is 0.142 e. The lowest BCUT2D eigenvalue weighted by Crippen LogP contribution is -2.31. The zero-order chi connectivity index (χ0) is 15.4. The number of nitrogens with zero attached hydrogens (tertiary/aromatic N) is 3. The van der Waals surface area contributed by atoms with Crippen LogP contribution in [0.3, 0.4) is 0 Å². The summed E-state index contributed by atoms with van der Waals surface area (Å²) in [5.74, 6) is 6.53. The van der Waals surface area contributed by atoms with E-state index in [0.717, 1.165) is 12.4 Å². The summed E-state index contributed by atoms with van der Waals surface area (Å²) in [6, 6.07) is 4.80. The van der Waals surface area contributed by atoms with E-state index in [1.54, 1.807) is 18.2 Å². The molecule has 5 nitrogen and oxygen atoms in total. The van der Waals surface area contributed by atoms with Crippen LogP contribution >= 0.6 is 15.9 Å². The number of hydrogen-bond donors (Lipinski definition) is 2. The summed E-state index contributed by atoms with van der Waals surface area (Å²) in [6.07, 6.45) is 1.99. The van der Waals surface area contributed by atoms with Gasteiger partial charge in [0.15, 0.2) is 0 Å². The average Bonchev–Trinajstić information content (AvgIpc) is 2.86. The van der Waals surface area contributed by atoms with Gasteiger partial charge >= 0.3 is 0 Å². The van der Waals surface area contributed by atoms with Crippen LogP contribution in [0.2, 0.25) is 0 Å². The van der Waals surface area contributed by atoms with Gasteiger partial charge < -0.3 is 0 Å². The number of nitrogens with one attached hydrogen (secondary N) is 1. The highest BCUT2D eigenvalue weighted by atomic mass is 79.9. The van der Waals surface area contributed by atoms with Gasteiger partial charge in [-0.3, -0.25) is 11.3 Å². The third-order valence-electron chi connectivity index (χ3n) is 3.18. The quantitative estimate of drug-likeness (QED) is 0.617. The molecule has 1 unspecified atom stereocenters. The number of hydrazine groups is 1. The van der Waals surface area contributed by atoms with E-state index in [1.165, 1.54) is 6.33 Å². The molecule has 0 radical (unpaired) electrons. The van der Waals surface area contributed by atoms with Crippen molar-refractivity contribution in [3.63, 3.8) is 0 Å². The molecule has 1 aromatic carbocycles. The Morgan fingerprint density at radius 1 is 1.43 bits per heavy atom. The van der Waals surface area contributed by atoms with Crippen molar-refractivity contribution < 1.29 is 4.39 Å². The minimum atomic E-state index is -0.363. The molecule has 2 aromatic rings. The van der Waals surface area contributed by atoms with E-state index in [9.17, 15) is 4.39 Å². The van der Waals surface area contributed by atoms with Crippen LogP contribution in [0.25, 0.3) is 0 Å². The van der Waals surface area contributed by atoms with Gasteiger partial charge in [0.05, 0.1) is 10.5 Å². The van der Waals surface area contributed by atoms with Crippen LogP contribution < -0.4 is 11.3 Å². The van der Waals surface area contributed by atoms with Crippen LogP contribution in [-0.2, 0) is 13.0 Å². The number of benzene rings is 1. The fraction of sp³-hybridized carbons (Fsp3) is 0.429. The lowest BCUT2D eigenvalue weighted by atomic mass is 10.0. The summed E-state index contributed by atoms with van der Waals surface area (Å²) in [4.78, 5) is 4.26. The summed E-state index contributed by atoms with van der Waals surface area (Å²) >= 11 is 3.19. The van der Waals surface area contributed by atoms with Crippen molar-refractivity contribution >= 4 is 15.9 Å². The van der Waals surface area contributed by atoms with Crippen molar-refractivity contribution in [1.82, 2.24) is 20.2 Å². The molecule has 0 aliphatic heterocycles. The van der Waals surface area contributed by atoms with Gasteiger partial charge in [0.25, 0.3) is 0 Å². The SMILES string of the molecule is CC(C)Cn1ncnc1CC(NN)c1cccc(Br)c1F. The number of rotatable bonds is 6. The Morgan fingerprint density at radius 3 is 2.86 bits per heavy atom. The Labute approximate surface area is 131 Å². The van der Waals surface area contributed by atoms with E-state index in [2.05, 4.69) is 45.3 Å². The largest absolute Gasteiger partial charge is 0.271 e. The summed E-state index contributed by atoms with van der Waals surface area (Å²) < 4.78 is 16.5. The maximum Gasteiger partial charge on any atom is 0.142 e. The molecule has 114 valence electrons. The van der Waals surface area contributed by atoms with Gasteiger partial charge in [-0.1, -0.05) is 26.0 Å².